The molecule has 9 heteroatoms. The molecule has 1 aromatic carbocycles. The molecular formula is C18H17F3N4O2. The minimum atomic E-state index is -4.58. The van der Waals surface area contributed by atoms with E-state index < -0.39 is 29.2 Å². The van der Waals surface area contributed by atoms with Gasteiger partial charge in [-0.2, -0.15) is 13.2 Å². The Labute approximate surface area is 153 Å². The van der Waals surface area contributed by atoms with Crippen molar-refractivity contribution in [2.45, 2.75) is 24.6 Å². The van der Waals surface area contributed by atoms with Gasteiger partial charge in [-0.15, -0.1) is 0 Å². The number of likely N-dealkylation sites (N-methyl/N-ethyl adjacent to an activating group) is 1. The number of alkyl halides is 3. The van der Waals surface area contributed by atoms with Crippen molar-refractivity contribution in [3.8, 4) is 5.75 Å². The summed E-state index contributed by atoms with van der Waals surface area (Å²) >= 11 is 0. The van der Waals surface area contributed by atoms with Crippen LogP contribution in [-0.4, -0.2) is 33.9 Å². The molecule has 3 N–H and O–H groups in total. The van der Waals surface area contributed by atoms with Gasteiger partial charge < -0.3 is 10.4 Å². The molecule has 1 aromatic heterocycles. The lowest BCUT2D eigenvalue weighted by Gasteiger charge is -2.45. The summed E-state index contributed by atoms with van der Waals surface area (Å²) < 4.78 is 38.4. The van der Waals surface area contributed by atoms with Crippen LogP contribution in [0.2, 0.25) is 0 Å². The molecule has 142 valence electrons. The van der Waals surface area contributed by atoms with Gasteiger partial charge in [0.2, 0.25) is 5.91 Å². The quantitative estimate of drug-likeness (QED) is 0.750. The first-order valence-electron chi connectivity index (χ1n) is 8.01. The molecule has 0 saturated carbocycles. The van der Waals surface area contributed by atoms with Crippen LogP contribution in [0, 0.1) is 5.41 Å². The van der Waals surface area contributed by atoms with Crippen LogP contribution in [0.3, 0.4) is 0 Å². The van der Waals surface area contributed by atoms with Crippen molar-refractivity contribution in [3.63, 3.8) is 0 Å². The van der Waals surface area contributed by atoms with Crippen LogP contribution in [0.1, 0.15) is 29.7 Å². The lowest BCUT2D eigenvalue weighted by Crippen LogP contribution is -2.62. The van der Waals surface area contributed by atoms with Crippen molar-refractivity contribution in [1.29, 1.82) is 5.41 Å². The Kier molecular flexibility index (Phi) is 4.33. The Morgan fingerprint density at radius 2 is 2.00 bits per heavy atom. The molecule has 1 amide bonds. The number of carbonyl (C=O) groups excluding carboxylic acids is 1. The number of nitrogens with zero attached hydrogens (tertiary/aromatic N) is 2. The van der Waals surface area contributed by atoms with Crippen molar-refractivity contribution < 1.29 is 23.1 Å². The number of phenols is 1. The summed E-state index contributed by atoms with van der Waals surface area (Å²) in [5.74, 6) is -1.60. The highest BCUT2D eigenvalue weighted by atomic mass is 19.4. The van der Waals surface area contributed by atoms with Crippen molar-refractivity contribution in [2.75, 3.05) is 7.05 Å². The summed E-state index contributed by atoms with van der Waals surface area (Å²) in [4.78, 5) is 17.5. The molecule has 0 radical (unpaired) electrons. The number of halogens is 3. The van der Waals surface area contributed by atoms with E-state index in [2.05, 4.69) is 10.3 Å². The van der Waals surface area contributed by atoms with Crippen LogP contribution in [0.15, 0.2) is 42.6 Å². The first-order valence-corrected chi connectivity index (χ1v) is 8.01. The van der Waals surface area contributed by atoms with E-state index >= 15 is 0 Å². The normalized spacial score (nSPS) is 23.3. The summed E-state index contributed by atoms with van der Waals surface area (Å²) in [6.07, 6.45) is -3.56. The second-order valence-corrected chi connectivity index (χ2v) is 6.53. The third-order valence-electron chi connectivity index (χ3n) is 4.72. The second-order valence-electron chi connectivity index (χ2n) is 6.53. The maximum Gasteiger partial charge on any atom is 0.433 e. The van der Waals surface area contributed by atoms with Gasteiger partial charge in [0.25, 0.3) is 0 Å². The minimum Gasteiger partial charge on any atom is -0.508 e. The van der Waals surface area contributed by atoms with E-state index in [1.165, 1.54) is 25.2 Å². The van der Waals surface area contributed by atoms with Gasteiger partial charge in [-0.05, 0) is 36.2 Å². The third-order valence-corrected chi connectivity index (χ3v) is 4.72. The fourth-order valence-corrected chi connectivity index (χ4v) is 3.24. The van der Waals surface area contributed by atoms with E-state index in [-0.39, 0.29) is 17.3 Å². The Bertz CT molecular complexity index is 898. The van der Waals surface area contributed by atoms with Gasteiger partial charge in [0.15, 0.2) is 5.96 Å². The maximum absolute atomic E-state index is 12.9. The lowest BCUT2D eigenvalue weighted by atomic mass is 9.74. The summed E-state index contributed by atoms with van der Waals surface area (Å²) in [7, 11) is 1.41. The topological polar surface area (TPSA) is 89.3 Å². The standard InChI is InChI=1S/C18H17F3N4O2/c1-17(11-4-3-5-12(26)8-11)14(15(27)25(2)16(22)24-17)10-6-7-13(23-9-10)18(19,20)21/h3-9,14,26H,1-2H3,(H2,22,24)/t14-,17-/m1/s1. The van der Waals surface area contributed by atoms with Crippen LogP contribution in [0.4, 0.5) is 13.2 Å². The van der Waals surface area contributed by atoms with Crippen LogP contribution < -0.4 is 5.32 Å². The fraction of sp³-hybridized carbons (Fsp3) is 0.278. The number of benzene rings is 1. The van der Waals surface area contributed by atoms with Gasteiger partial charge in [0, 0.05) is 13.2 Å². The van der Waals surface area contributed by atoms with Crippen molar-refractivity contribution >= 4 is 11.9 Å². The predicted octanol–water partition coefficient (Wildman–Crippen LogP) is 2.80. The van der Waals surface area contributed by atoms with Crippen LogP contribution in [0.25, 0.3) is 0 Å². The van der Waals surface area contributed by atoms with Gasteiger partial charge >= 0.3 is 6.18 Å². The Morgan fingerprint density at radius 1 is 1.30 bits per heavy atom. The minimum absolute atomic E-state index is 0.0299. The average molecular weight is 378 g/mol. The van der Waals surface area contributed by atoms with E-state index in [1.54, 1.807) is 19.1 Å². The van der Waals surface area contributed by atoms with Crippen LogP contribution in [-0.2, 0) is 16.5 Å². The molecular weight excluding hydrogens is 361 g/mol. The number of amides is 1. The molecule has 0 unspecified atom stereocenters. The van der Waals surface area contributed by atoms with Crippen LogP contribution >= 0.6 is 0 Å². The zero-order chi connectivity index (χ0) is 20.0. The smallest absolute Gasteiger partial charge is 0.433 e. The molecule has 0 spiro atoms. The molecule has 0 bridgehead atoms. The molecule has 2 heterocycles. The SMILES string of the molecule is CN1C(=N)N[C@](C)(c2cccc(O)c2)[C@H](c2ccc(C(F)(F)F)nc2)C1=O. The van der Waals surface area contributed by atoms with E-state index in [0.29, 0.717) is 5.56 Å². The third kappa shape index (κ3) is 3.20. The zero-order valence-corrected chi connectivity index (χ0v) is 14.5. The van der Waals surface area contributed by atoms with Gasteiger partial charge in [-0.1, -0.05) is 18.2 Å². The van der Waals surface area contributed by atoms with Gasteiger partial charge in [-0.3, -0.25) is 20.1 Å². The van der Waals surface area contributed by atoms with Gasteiger partial charge in [0.05, 0.1) is 11.5 Å². The number of aromatic hydroxyl groups is 1. The molecule has 2 atom stereocenters. The number of phenolic OH excluding ortho intramolecular Hbond substituents is 1. The lowest BCUT2D eigenvalue weighted by molar-refractivity contribution is -0.141. The van der Waals surface area contributed by atoms with E-state index in [1.807, 2.05) is 0 Å². The molecule has 1 aliphatic heterocycles. The zero-order valence-electron chi connectivity index (χ0n) is 14.5. The summed E-state index contributed by atoms with van der Waals surface area (Å²) in [5, 5.41) is 20.8. The number of aromatic nitrogens is 1. The molecule has 3 rings (SSSR count). The first kappa shape index (κ1) is 18.7. The largest absolute Gasteiger partial charge is 0.508 e. The van der Waals surface area contributed by atoms with Gasteiger partial charge in [0.1, 0.15) is 11.4 Å². The van der Waals surface area contributed by atoms with Crippen molar-refractivity contribution in [1.82, 2.24) is 15.2 Å². The number of carbonyl (C=O) groups is 1. The number of rotatable bonds is 2. The highest BCUT2D eigenvalue weighted by molar-refractivity contribution is 6.02. The number of pyridine rings is 1. The molecule has 0 aliphatic carbocycles. The average Bonchev–Trinajstić information content (AvgIpc) is 2.59. The highest BCUT2D eigenvalue weighted by Gasteiger charge is 2.48. The van der Waals surface area contributed by atoms with Gasteiger partial charge in [-0.25, -0.2) is 0 Å². The highest BCUT2D eigenvalue weighted by Crippen LogP contribution is 2.41. The summed E-state index contributed by atoms with van der Waals surface area (Å²) in [6, 6.07) is 8.21. The Morgan fingerprint density at radius 3 is 2.56 bits per heavy atom. The molecule has 27 heavy (non-hydrogen) atoms. The molecule has 1 aliphatic rings. The number of nitrogens with one attached hydrogen (secondary N) is 2. The van der Waals surface area contributed by atoms with E-state index in [9.17, 15) is 23.1 Å². The van der Waals surface area contributed by atoms with Crippen LogP contribution in [0.5, 0.6) is 5.75 Å². The predicted molar refractivity (Wildman–Crippen MR) is 91.1 cm³/mol. The first-order chi connectivity index (χ1) is 12.5. The monoisotopic (exact) mass is 378 g/mol. The molecule has 6 nitrogen and oxygen atoms in total. The van der Waals surface area contributed by atoms with Crippen molar-refractivity contribution in [2.24, 2.45) is 0 Å². The Hall–Kier alpha value is -3.10. The molecule has 1 fully saturated rings. The number of hydrogen-bond donors (Lipinski definition) is 3. The summed E-state index contributed by atoms with van der Waals surface area (Å²) in [6.45, 7) is 1.66. The maximum atomic E-state index is 12.9. The van der Waals surface area contributed by atoms with E-state index in [4.69, 9.17) is 5.41 Å². The van der Waals surface area contributed by atoms with Crippen molar-refractivity contribution in [3.05, 3.63) is 59.4 Å². The number of hydrogen-bond acceptors (Lipinski definition) is 4. The fourth-order valence-electron chi connectivity index (χ4n) is 3.24. The number of guanidine groups is 1. The molecule has 2 aromatic rings. The summed E-state index contributed by atoms with van der Waals surface area (Å²) in [5.41, 5.74) is -1.44. The Balaban J connectivity index is 2.13. The van der Waals surface area contributed by atoms with E-state index in [0.717, 1.165) is 17.2 Å². The second kappa shape index (κ2) is 6.26. The molecule has 1 saturated heterocycles.